The average Bonchev–Trinajstić information content (AvgIpc) is 2.97. The first-order chi connectivity index (χ1) is 17.2. The summed E-state index contributed by atoms with van der Waals surface area (Å²) in [4.78, 5) is 29.8. The molecular formula is C29H26Cl2N2O3. The highest BCUT2D eigenvalue weighted by atomic mass is 35.5. The van der Waals surface area contributed by atoms with Crippen molar-refractivity contribution in [1.29, 1.82) is 0 Å². The van der Waals surface area contributed by atoms with Gasteiger partial charge in [0.05, 0.1) is 29.5 Å². The molecule has 0 saturated carbocycles. The molecule has 1 unspecified atom stereocenters. The first-order valence-corrected chi connectivity index (χ1v) is 12.5. The number of carbonyl (C=O) groups is 2. The quantitative estimate of drug-likeness (QED) is 0.389. The highest BCUT2D eigenvalue weighted by Gasteiger charge is 2.44. The number of hydrogen-bond acceptors (Lipinski definition) is 4. The predicted molar refractivity (Wildman–Crippen MR) is 144 cm³/mol. The van der Waals surface area contributed by atoms with Gasteiger partial charge >= 0.3 is 0 Å². The molecule has 3 aromatic rings. The van der Waals surface area contributed by atoms with E-state index >= 15 is 0 Å². The van der Waals surface area contributed by atoms with Gasteiger partial charge in [-0.25, -0.2) is 0 Å². The first kappa shape index (κ1) is 24.4. The number of ether oxygens (including phenoxy) is 1. The van der Waals surface area contributed by atoms with E-state index in [1.54, 1.807) is 29.2 Å². The van der Waals surface area contributed by atoms with E-state index in [2.05, 4.69) is 19.2 Å². The Hall–Kier alpha value is -3.28. The maximum Gasteiger partial charge on any atom is 0.259 e. The van der Waals surface area contributed by atoms with Crippen molar-refractivity contribution in [3.8, 4) is 5.75 Å². The number of anilines is 2. The summed E-state index contributed by atoms with van der Waals surface area (Å²) in [6, 6.07) is 19.1. The Labute approximate surface area is 220 Å². The molecule has 1 amide bonds. The zero-order chi connectivity index (χ0) is 25.6. The van der Waals surface area contributed by atoms with E-state index in [0.29, 0.717) is 51.0 Å². The standard InChI is InChI=1S/C29H26Cl2N2O3/c1-29(2)15-22-25(24(34)16-29)26(19-13-18(30)14-20(31)27(19)36-3)33(23-12-8-7-11-21(23)32-22)28(35)17-9-5-4-6-10-17/h4-14,26,32H,15-16H2,1-3H3. The van der Waals surface area contributed by atoms with Crippen LogP contribution in [0.4, 0.5) is 11.4 Å². The number of halogens is 2. The third kappa shape index (κ3) is 4.27. The molecule has 3 aromatic carbocycles. The lowest BCUT2D eigenvalue weighted by atomic mass is 9.73. The second-order valence-electron chi connectivity index (χ2n) is 9.93. The molecule has 7 heteroatoms. The van der Waals surface area contributed by atoms with Crippen LogP contribution < -0.4 is 15.0 Å². The van der Waals surface area contributed by atoms with Gasteiger partial charge in [0, 0.05) is 33.8 Å². The van der Waals surface area contributed by atoms with E-state index < -0.39 is 6.04 Å². The number of allylic oxidation sites excluding steroid dienone is 1. The smallest absolute Gasteiger partial charge is 0.259 e. The molecule has 1 N–H and O–H groups in total. The van der Waals surface area contributed by atoms with Crippen LogP contribution in [0.15, 0.2) is 78.0 Å². The summed E-state index contributed by atoms with van der Waals surface area (Å²) in [6.07, 6.45) is 0.993. The van der Waals surface area contributed by atoms with Crippen molar-refractivity contribution >= 4 is 46.3 Å². The van der Waals surface area contributed by atoms with Crippen LogP contribution in [0.5, 0.6) is 5.75 Å². The molecule has 36 heavy (non-hydrogen) atoms. The van der Waals surface area contributed by atoms with Crippen LogP contribution >= 0.6 is 23.2 Å². The number of fused-ring (bicyclic) bond motifs is 1. The summed E-state index contributed by atoms with van der Waals surface area (Å²) in [5.74, 6) is 0.0933. The molecule has 184 valence electrons. The van der Waals surface area contributed by atoms with E-state index in [1.807, 2.05) is 42.5 Å². The van der Waals surface area contributed by atoms with Crippen LogP contribution in [-0.2, 0) is 4.79 Å². The number of methoxy groups -OCH3 is 1. The van der Waals surface area contributed by atoms with Gasteiger partial charge in [0.1, 0.15) is 5.75 Å². The average molecular weight is 521 g/mol. The fraction of sp³-hybridized carbons (Fsp3) is 0.241. The lowest BCUT2D eigenvalue weighted by Gasteiger charge is -2.37. The first-order valence-electron chi connectivity index (χ1n) is 11.7. The van der Waals surface area contributed by atoms with E-state index in [-0.39, 0.29) is 17.1 Å². The summed E-state index contributed by atoms with van der Waals surface area (Å²) in [5.41, 5.74) is 3.51. The molecule has 0 bridgehead atoms. The number of Topliss-reactive ketones (excluding diaryl/α,β-unsaturated/α-hetero) is 1. The molecule has 1 atom stereocenters. The Kier molecular flexibility index (Phi) is 6.31. The van der Waals surface area contributed by atoms with Crippen LogP contribution in [-0.4, -0.2) is 18.8 Å². The van der Waals surface area contributed by atoms with Crippen molar-refractivity contribution in [2.75, 3.05) is 17.3 Å². The molecule has 0 fully saturated rings. The molecule has 5 rings (SSSR count). The number of carbonyl (C=O) groups excluding carboxylic acids is 2. The molecule has 0 saturated heterocycles. The normalized spacial score (nSPS) is 18.6. The van der Waals surface area contributed by atoms with Crippen molar-refractivity contribution < 1.29 is 14.3 Å². The fourth-order valence-corrected chi connectivity index (χ4v) is 5.81. The van der Waals surface area contributed by atoms with Crippen molar-refractivity contribution in [3.63, 3.8) is 0 Å². The van der Waals surface area contributed by atoms with Gasteiger partial charge in [-0.1, -0.05) is 67.4 Å². The fourth-order valence-electron chi connectivity index (χ4n) is 5.22. The molecule has 1 aliphatic heterocycles. The number of para-hydroxylation sites is 2. The van der Waals surface area contributed by atoms with Gasteiger partial charge < -0.3 is 10.1 Å². The summed E-state index contributed by atoms with van der Waals surface area (Å²) in [7, 11) is 1.52. The number of hydrogen-bond donors (Lipinski definition) is 1. The van der Waals surface area contributed by atoms with Crippen molar-refractivity contribution in [1.82, 2.24) is 0 Å². The number of nitrogens with one attached hydrogen (secondary N) is 1. The van der Waals surface area contributed by atoms with E-state index in [1.165, 1.54) is 7.11 Å². The number of rotatable bonds is 3. The predicted octanol–water partition coefficient (Wildman–Crippen LogP) is 7.46. The Balaban J connectivity index is 1.86. The highest BCUT2D eigenvalue weighted by molar-refractivity contribution is 6.35. The minimum absolute atomic E-state index is 0.0319. The third-order valence-electron chi connectivity index (χ3n) is 6.68. The molecule has 0 aromatic heterocycles. The molecule has 0 spiro atoms. The van der Waals surface area contributed by atoms with Gasteiger partial charge in [0.2, 0.25) is 0 Å². The Morgan fingerprint density at radius 1 is 1.03 bits per heavy atom. The van der Waals surface area contributed by atoms with Gasteiger partial charge in [-0.05, 0) is 48.2 Å². The van der Waals surface area contributed by atoms with Crippen LogP contribution in [0.25, 0.3) is 0 Å². The van der Waals surface area contributed by atoms with Gasteiger partial charge in [-0.3, -0.25) is 14.5 Å². The lowest BCUT2D eigenvalue weighted by molar-refractivity contribution is -0.118. The highest BCUT2D eigenvalue weighted by Crippen LogP contribution is 2.51. The topological polar surface area (TPSA) is 58.6 Å². The SMILES string of the molecule is COc1c(Cl)cc(Cl)cc1C1C2=C(CC(C)(C)CC2=O)Nc2ccccc2N1C(=O)c1ccccc1. The van der Waals surface area contributed by atoms with Gasteiger partial charge in [0.25, 0.3) is 5.91 Å². The Morgan fingerprint density at radius 2 is 1.72 bits per heavy atom. The van der Waals surface area contributed by atoms with Gasteiger partial charge in [-0.2, -0.15) is 0 Å². The zero-order valence-corrected chi connectivity index (χ0v) is 21.8. The number of benzene rings is 3. The molecule has 5 nitrogen and oxygen atoms in total. The molecule has 1 aliphatic carbocycles. The van der Waals surface area contributed by atoms with Crippen LogP contribution in [0.3, 0.4) is 0 Å². The zero-order valence-electron chi connectivity index (χ0n) is 20.3. The minimum atomic E-state index is -0.807. The second kappa shape index (κ2) is 9.30. The minimum Gasteiger partial charge on any atom is -0.495 e. The number of nitrogens with zero attached hydrogens (tertiary/aromatic N) is 1. The Bertz CT molecular complexity index is 1400. The van der Waals surface area contributed by atoms with Gasteiger partial charge in [0.15, 0.2) is 5.78 Å². The van der Waals surface area contributed by atoms with E-state index in [4.69, 9.17) is 27.9 Å². The number of amides is 1. The molecule has 2 aliphatic rings. The van der Waals surface area contributed by atoms with Crippen molar-refractivity contribution in [3.05, 3.63) is 99.2 Å². The number of ketones is 1. The summed E-state index contributed by atoms with van der Waals surface area (Å²) < 4.78 is 5.72. The molecular weight excluding hydrogens is 495 g/mol. The molecule has 0 radical (unpaired) electrons. The van der Waals surface area contributed by atoms with Crippen molar-refractivity contribution in [2.24, 2.45) is 5.41 Å². The van der Waals surface area contributed by atoms with Crippen LogP contribution in [0.2, 0.25) is 10.0 Å². The lowest BCUT2D eigenvalue weighted by Crippen LogP contribution is -2.39. The Morgan fingerprint density at radius 3 is 2.44 bits per heavy atom. The third-order valence-corrected chi connectivity index (χ3v) is 7.18. The maximum absolute atomic E-state index is 14.2. The van der Waals surface area contributed by atoms with Crippen LogP contribution in [0.1, 0.15) is 48.7 Å². The maximum atomic E-state index is 14.2. The van der Waals surface area contributed by atoms with E-state index in [0.717, 1.165) is 11.4 Å². The second-order valence-corrected chi connectivity index (χ2v) is 10.8. The van der Waals surface area contributed by atoms with Crippen LogP contribution in [0, 0.1) is 5.41 Å². The van der Waals surface area contributed by atoms with Gasteiger partial charge in [-0.15, -0.1) is 0 Å². The van der Waals surface area contributed by atoms with E-state index in [9.17, 15) is 9.59 Å². The largest absolute Gasteiger partial charge is 0.495 e. The summed E-state index contributed by atoms with van der Waals surface area (Å²) >= 11 is 13.0. The monoisotopic (exact) mass is 520 g/mol. The summed E-state index contributed by atoms with van der Waals surface area (Å²) in [6.45, 7) is 4.15. The summed E-state index contributed by atoms with van der Waals surface area (Å²) in [5, 5.41) is 4.21. The van der Waals surface area contributed by atoms with Crippen molar-refractivity contribution in [2.45, 2.75) is 32.7 Å². The molecule has 1 heterocycles.